The van der Waals surface area contributed by atoms with E-state index in [2.05, 4.69) is 25.0 Å². The Morgan fingerprint density at radius 3 is 2.96 bits per heavy atom. The Kier molecular flexibility index (Phi) is 2.96. The second kappa shape index (κ2) is 5.00. The van der Waals surface area contributed by atoms with Crippen LogP contribution in [0.3, 0.4) is 0 Å². The number of nitrogens with zero attached hydrogens (tertiary/aromatic N) is 5. The lowest BCUT2D eigenvalue weighted by molar-refractivity contribution is 0.364. The molecule has 10 heteroatoms. The minimum atomic E-state index is -0.901. The molecule has 0 unspecified atom stereocenters. The number of anilines is 1. The molecule has 1 fully saturated rings. The number of halogens is 1. The number of aromatic amines is 2. The first kappa shape index (κ1) is 13.6. The fourth-order valence-electron chi connectivity index (χ4n) is 2.69. The quantitative estimate of drug-likeness (QED) is 0.672. The monoisotopic (exact) mass is 317 g/mol. The summed E-state index contributed by atoms with van der Waals surface area (Å²) in [6.45, 7) is 0.794. The van der Waals surface area contributed by atoms with Gasteiger partial charge in [-0.1, -0.05) is 0 Å². The molecule has 1 aliphatic rings. The van der Waals surface area contributed by atoms with Gasteiger partial charge < -0.3 is 9.88 Å². The van der Waals surface area contributed by atoms with Crippen LogP contribution in [0.4, 0.5) is 10.2 Å². The Balaban J connectivity index is 1.91. The number of hydrogen-bond acceptors (Lipinski definition) is 6. The number of hydrogen-bond donors (Lipinski definition) is 2. The summed E-state index contributed by atoms with van der Waals surface area (Å²) in [6.07, 6.45) is 2.17. The van der Waals surface area contributed by atoms with E-state index in [9.17, 15) is 14.0 Å². The highest BCUT2D eigenvalue weighted by Crippen LogP contribution is 2.25. The molecule has 2 N–H and O–H groups in total. The van der Waals surface area contributed by atoms with Gasteiger partial charge in [-0.3, -0.25) is 9.78 Å². The van der Waals surface area contributed by atoms with Gasteiger partial charge in [-0.05, 0) is 6.42 Å². The van der Waals surface area contributed by atoms with Crippen LogP contribution in [0.2, 0.25) is 0 Å². The lowest BCUT2D eigenvalue weighted by Gasteiger charge is -2.18. The second-order valence-corrected chi connectivity index (χ2v) is 5.29. The van der Waals surface area contributed by atoms with Crippen LogP contribution in [-0.2, 0) is 0 Å². The van der Waals surface area contributed by atoms with Crippen molar-refractivity contribution in [2.24, 2.45) is 0 Å². The van der Waals surface area contributed by atoms with Gasteiger partial charge in [-0.15, -0.1) is 0 Å². The first-order chi connectivity index (χ1) is 11.1. The first-order valence-electron chi connectivity index (χ1n) is 7.04. The highest BCUT2D eigenvalue weighted by Gasteiger charge is 2.25. The predicted molar refractivity (Wildman–Crippen MR) is 79.2 cm³/mol. The van der Waals surface area contributed by atoms with Crippen molar-refractivity contribution in [1.82, 2.24) is 29.5 Å². The zero-order chi connectivity index (χ0) is 16.0. The SMILES string of the molecule is O=c1[nH]cc(-c2cc(N3CC[C@H](F)C3)n3ncnc3n2)c(=O)[nH]1. The summed E-state index contributed by atoms with van der Waals surface area (Å²) in [5.41, 5.74) is -0.615. The average Bonchev–Trinajstić information content (AvgIpc) is 3.14. The Hall–Kier alpha value is -3.04. The molecule has 4 rings (SSSR count). The molecule has 0 aliphatic carbocycles. The average molecular weight is 317 g/mol. The molecule has 0 amide bonds. The van der Waals surface area contributed by atoms with Crippen molar-refractivity contribution in [2.45, 2.75) is 12.6 Å². The normalized spacial score (nSPS) is 18.0. The van der Waals surface area contributed by atoms with Crippen molar-refractivity contribution >= 4 is 11.6 Å². The van der Waals surface area contributed by atoms with Gasteiger partial charge in [0.1, 0.15) is 18.3 Å². The third kappa shape index (κ3) is 2.28. The Morgan fingerprint density at radius 1 is 1.35 bits per heavy atom. The Morgan fingerprint density at radius 2 is 2.22 bits per heavy atom. The molecule has 0 saturated carbocycles. The summed E-state index contributed by atoms with van der Waals surface area (Å²) in [7, 11) is 0. The third-order valence-electron chi connectivity index (χ3n) is 3.78. The van der Waals surface area contributed by atoms with Crippen LogP contribution < -0.4 is 16.1 Å². The Bertz CT molecular complexity index is 992. The standard InChI is InChI=1S/C13H12FN7O2/c14-7-1-2-20(5-7)10-3-9(18-12-16-6-17-21(10)12)8-4-15-13(23)19-11(8)22/h3-4,6-7H,1-2,5H2,(H2,15,19,22,23)/t7-/m0/s1. The Labute approximate surface area is 127 Å². The van der Waals surface area contributed by atoms with Crippen molar-refractivity contribution in [3.05, 3.63) is 39.4 Å². The summed E-state index contributed by atoms with van der Waals surface area (Å²) in [6, 6.07) is 1.64. The molecule has 1 aliphatic heterocycles. The number of H-pyrrole nitrogens is 2. The van der Waals surface area contributed by atoms with Crippen molar-refractivity contribution in [2.75, 3.05) is 18.0 Å². The second-order valence-electron chi connectivity index (χ2n) is 5.29. The number of rotatable bonds is 2. The van der Waals surface area contributed by atoms with Gasteiger partial charge in [0.05, 0.1) is 17.8 Å². The van der Waals surface area contributed by atoms with E-state index in [0.29, 0.717) is 30.3 Å². The van der Waals surface area contributed by atoms with Gasteiger partial charge in [-0.25, -0.2) is 14.2 Å². The first-order valence-corrected chi connectivity index (χ1v) is 7.04. The fourth-order valence-corrected chi connectivity index (χ4v) is 2.69. The van der Waals surface area contributed by atoms with E-state index >= 15 is 0 Å². The van der Waals surface area contributed by atoms with Crippen LogP contribution in [-0.4, -0.2) is 48.8 Å². The van der Waals surface area contributed by atoms with E-state index in [4.69, 9.17) is 0 Å². The maximum Gasteiger partial charge on any atom is 0.325 e. The molecule has 3 aromatic rings. The van der Waals surface area contributed by atoms with Crippen LogP contribution in [0.25, 0.3) is 17.0 Å². The summed E-state index contributed by atoms with van der Waals surface area (Å²) < 4.78 is 15.0. The third-order valence-corrected chi connectivity index (χ3v) is 3.78. The number of fused-ring (bicyclic) bond motifs is 1. The zero-order valence-corrected chi connectivity index (χ0v) is 11.9. The van der Waals surface area contributed by atoms with Crippen LogP contribution in [0, 0.1) is 0 Å². The summed E-state index contributed by atoms with van der Waals surface area (Å²) in [5, 5.41) is 4.09. The predicted octanol–water partition coefficient (Wildman–Crippen LogP) is -0.284. The van der Waals surface area contributed by atoms with Gasteiger partial charge in [0.25, 0.3) is 11.3 Å². The van der Waals surface area contributed by atoms with E-state index in [1.54, 1.807) is 6.07 Å². The molecule has 3 aromatic heterocycles. The van der Waals surface area contributed by atoms with E-state index in [-0.39, 0.29) is 12.1 Å². The minimum absolute atomic E-state index is 0.201. The molecule has 9 nitrogen and oxygen atoms in total. The smallest absolute Gasteiger partial charge is 0.325 e. The maximum absolute atomic E-state index is 13.5. The molecule has 23 heavy (non-hydrogen) atoms. The molecule has 0 spiro atoms. The summed E-state index contributed by atoms with van der Waals surface area (Å²) >= 11 is 0. The van der Waals surface area contributed by atoms with Crippen molar-refractivity contribution in [3.8, 4) is 11.3 Å². The van der Waals surface area contributed by atoms with Crippen LogP contribution in [0.5, 0.6) is 0 Å². The van der Waals surface area contributed by atoms with E-state index in [1.807, 2.05) is 4.90 Å². The summed E-state index contributed by atoms with van der Waals surface area (Å²) in [5.74, 6) is 0.902. The highest BCUT2D eigenvalue weighted by atomic mass is 19.1. The van der Waals surface area contributed by atoms with Gasteiger partial charge in [0, 0.05) is 18.8 Å². The van der Waals surface area contributed by atoms with Gasteiger partial charge in [0.15, 0.2) is 0 Å². The molecular weight excluding hydrogens is 305 g/mol. The lowest BCUT2D eigenvalue weighted by atomic mass is 10.2. The van der Waals surface area contributed by atoms with Crippen molar-refractivity contribution in [3.63, 3.8) is 0 Å². The van der Waals surface area contributed by atoms with Crippen LogP contribution >= 0.6 is 0 Å². The molecule has 118 valence electrons. The van der Waals surface area contributed by atoms with Crippen molar-refractivity contribution in [1.29, 1.82) is 0 Å². The maximum atomic E-state index is 13.5. The molecule has 0 radical (unpaired) electrons. The minimum Gasteiger partial charge on any atom is -0.353 e. The zero-order valence-electron chi connectivity index (χ0n) is 11.9. The molecule has 0 bridgehead atoms. The van der Waals surface area contributed by atoms with Gasteiger partial charge >= 0.3 is 5.69 Å². The van der Waals surface area contributed by atoms with Crippen LogP contribution in [0.15, 0.2) is 28.2 Å². The molecule has 4 heterocycles. The number of alkyl halides is 1. The lowest BCUT2D eigenvalue weighted by Crippen LogP contribution is -2.25. The van der Waals surface area contributed by atoms with Crippen LogP contribution in [0.1, 0.15) is 6.42 Å². The van der Waals surface area contributed by atoms with E-state index in [0.717, 1.165) is 0 Å². The largest absolute Gasteiger partial charge is 0.353 e. The molecule has 1 atom stereocenters. The van der Waals surface area contributed by atoms with Crippen molar-refractivity contribution < 1.29 is 4.39 Å². The molecule has 0 aromatic carbocycles. The number of nitrogens with one attached hydrogen (secondary N) is 2. The fraction of sp³-hybridized carbons (Fsp3) is 0.308. The van der Waals surface area contributed by atoms with E-state index in [1.165, 1.54) is 17.0 Å². The molecule has 1 saturated heterocycles. The molecular formula is C13H12FN7O2. The topological polar surface area (TPSA) is 112 Å². The number of aromatic nitrogens is 6. The van der Waals surface area contributed by atoms with Gasteiger partial charge in [0.2, 0.25) is 0 Å². The van der Waals surface area contributed by atoms with Gasteiger partial charge in [-0.2, -0.15) is 14.6 Å². The highest BCUT2D eigenvalue weighted by molar-refractivity contribution is 5.64. The summed E-state index contributed by atoms with van der Waals surface area (Å²) in [4.78, 5) is 37.8. The van der Waals surface area contributed by atoms with E-state index < -0.39 is 17.4 Å².